The Kier molecular flexibility index (Phi) is 5.33. The molecular weight excluding hydrogens is 196 g/mol. The first-order valence-corrected chi connectivity index (χ1v) is 6.17. The number of benzene rings is 1. The molecule has 1 aromatic rings. The molecule has 0 saturated carbocycles. The maximum atomic E-state index is 6.01. The van der Waals surface area contributed by atoms with Crippen LogP contribution >= 0.6 is 0 Å². The summed E-state index contributed by atoms with van der Waals surface area (Å²) in [4.78, 5) is 2.27. The first-order chi connectivity index (χ1) is 7.63. The molecule has 0 saturated heterocycles. The van der Waals surface area contributed by atoms with E-state index in [0.29, 0.717) is 6.04 Å². The van der Waals surface area contributed by atoms with Crippen molar-refractivity contribution in [3.8, 4) is 0 Å². The molecule has 0 radical (unpaired) electrons. The standard InChI is InChI=1S/C14H24N2/c1-4-5-13(15)10-11-16(3)14-8-6-12(2)7-9-14/h6-9,13H,4-5,10-11,15H2,1-3H3. The second-order valence-corrected chi connectivity index (χ2v) is 4.59. The summed E-state index contributed by atoms with van der Waals surface area (Å²) in [5.41, 5.74) is 8.59. The van der Waals surface area contributed by atoms with Crippen molar-refractivity contribution in [3.63, 3.8) is 0 Å². The number of nitrogens with two attached hydrogens (primary N) is 1. The Morgan fingerprint density at radius 1 is 1.19 bits per heavy atom. The van der Waals surface area contributed by atoms with Gasteiger partial charge < -0.3 is 10.6 Å². The van der Waals surface area contributed by atoms with Gasteiger partial charge in [-0.3, -0.25) is 0 Å². The molecule has 0 fully saturated rings. The van der Waals surface area contributed by atoms with Gasteiger partial charge in [-0.2, -0.15) is 0 Å². The Hall–Kier alpha value is -1.02. The molecule has 1 atom stereocenters. The van der Waals surface area contributed by atoms with Gasteiger partial charge in [0.1, 0.15) is 0 Å². The van der Waals surface area contributed by atoms with Crippen LogP contribution in [0.5, 0.6) is 0 Å². The molecule has 0 spiro atoms. The van der Waals surface area contributed by atoms with Crippen molar-refractivity contribution in [3.05, 3.63) is 29.8 Å². The third-order valence-electron chi connectivity index (χ3n) is 2.97. The molecule has 1 unspecified atom stereocenters. The molecule has 16 heavy (non-hydrogen) atoms. The molecule has 0 amide bonds. The highest BCUT2D eigenvalue weighted by molar-refractivity contribution is 5.46. The number of aryl methyl sites for hydroxylation is 1. The maximum Gasteiger partial charge on any atom is 0.0363 e. The van der Waals surface area contributed by atoms with Crippen LogP contribution < -0.4 is 10.6 Å². The van der Waals surface area contributed by atoms with Gasteiger partial charge in [-0.05, 0) is 31.9 Å². The van der Waals surface area contributed by atoms with E-state index in [1.165, 1.54) is 17.7 Å². The van der Waals surface area contributed by atoms with Crippen LogP contribution in [0.2, 0.25) is 0 Å². The van der Waals surface area contributed by atoms with Crippen molar-refractivity contribution >= 4 is 5.69 Å². The molecule has 1 rings (SSSR count). The normalized spacial score (nSPS) is 12.5. The number of rotatable bonds is 6. The van der Waals surface area contributed by atoms with Gasteiger partial charge in [-0.1, -0.05) is 31.0 Å². The van der Waals surface area contributed by atoms with Crippen LogP contribution in [-0.2, 0) is 0 Å². The van der Waals surface area contributed by atoms with Gasteiger partial charge in [0.15, 0.2) is 0 Å². The van der Waals surface area contributed by atoms with E-state index in [2.05, 4.69) is 50.1 Å². The molecule has 1 aromatic carbocycles. The highest BCUT2D eigenvalue weighted by Gasteiger charge is 2.04. The van der Waals surface area contributed by atoms with Crippen LogP contribution in [0.3, 0.4) is 0 Å². The lowest BCUT2D eigenvalue weighted by Crippen LogP contribution is -2.27. The van der Waals surface area contributed by atoms with Gasteiger partial charge in [-0.15, -0.1) is 0 Å². The van der Waals surface area contributed by atoms with Crippen molar-refractivity contribution in [2.24, 2.45) is 5.73 Å². The van der Waals surface area contributed by atoms with Crippen molar-refractivity contribution < 1.29 is 0 Å². The summed E-state index contributed by atoms with van der Waals surface area (Å²) in [6.45, 7) is 5.33. The third-order valence-corrected chi connectivity index (χ3v) is 2.97. The van der Waals surface area contributed by atoms with E-state index < -0.39 is 0 Å². The van der Waals surface area contributed by atoms with Crippen LogP contribution in [0.15, 0.2) is 24.3 Å². The van der Waals surface area contributed by atoms with Gasteiger partial charge in [0.2, 0.25) is 0 Å². The lowest BCUT2D eigenvalue weighted by Gasteiger charge is -2.21. The second kappa shape index (κ2) is 6.54. The summed E-state index contributed by atoms with van der Waals surface area (Å²) >= 11 is 0. The van der Waals surface area contributed by atoms with Gasteiger partial charge in [-0.25, -0.2) is 0 Å². The van der Waals surface area contributed by atoms with Crippen LogP contribution in [0.25, 0.3) is 0 Å². The molecule has 0 bridgehead atoms. The van der Waals surface area contributed by atoms with Crippen LogP contribution in [0.4, 0.5) is 5.69 Å². The molecule has 0 aliphatic heterocycles. The van der Waals surface area contributed by atoms with Gasteiger partial charge in [0, 0.05) is 25.3 Å². The highest BCUT2D eigenvalue weighted by Crippen LogP contribution is 2.14. The minimum atomic E-state index is 0.345. The molecule has 2 nitrogen and oxygen atoms in total. The number of nitrogens with zero attached hydrogens (tertiary/aromatic N) is 1. The zero-order chi connectivity index (χ0) is 12.0. The summed E-state index contributed by atoms with van der Waals surface area (Å²) in [6.07, 6.45) is 3.37. The predicted molar refractivity (Wildman–Crippen MR) is 71.9 cm³/mol. The lowest BCUT2D eigenvalue weighted by atomic mass is 10.1. The Labute approximate surface area is 99.5 Å². The molecule has 2 heteroatoms. The van der Waals surface area contributed by atoms with Crippen molar-refractivity contribution in [2.75, 3.05) is 18.5 Å². The number of anilines is 1. The fourth-order valence-corrected chi connectivity index (χ4v) is 1.80. The summed E-state index contributed by atoms with van der Waals surface area (Å²) < 4.78 is 0. The van der Waals surface area contributed by atoms with Crippen LogP contribution in [0.1, 0.15) is 31.7 Å². The first-order valence-electron chi connectivity index (χ1n) is 6.17. The molecule has 0 aliphatic carbocycles. The zero-order valence-corrected chi connectivity index (χ0v) is 10.7. The van der Waals surface area contributed by atoms with E-state index in [1.807, 2.05) is 0 Å². The van der Waals surface area contributed by atoms with Gasteiger partial charge >= 0.3 is 0 Å². The number of hydrogen-bond acceptors (Lipinski definition) is 2. The zero-order valence-electron chi connectivity index (χ0n) is 10.7. The molecular formula is C14H24N2. The van der Waals surface area contributed by atoms with Crippen molar-refractivity contribution in [2.45, 2.75) is 39.2 Å². The fraction of sp³-hybridized carbons (Fsp3) is 0.571. The summed E-state index contributed by atoms with van der Waals surface area (Å²) in [6, 6.07) is 8.98. The van der Waals surface area contributed by atoms with E-state index in [0.717, 1.165) is 19.4 Å². The van der Waals surface area contributed by atoms with E-state index in [9.17, 15) is 0 Å². The van der Waals surface area contributed by atoms with E-state index in [4.69, 9.17) is 5.73 Å². The van der Waals surface area contributed by atoms with E-state index >= 15 is 0 Å². The third kappa shape index (κ3) is 4.23. The Morgan fingerprint density at radius 3 is 2.38 bits per heavy atom. The topological polar surface area (TPSA) is 29.3 Å². The van der Waals surface area contributed by atoms with Gasteiger partial charge in [0.05, 0.1) is 0 Å². The minimum absolute atomic E-state index is 0.345. The largest absolute Gasteiger partial charge is 0.375 e. The number of hydrogen-bond donors (Lipinski definition) is 1. The molecule has 0 aliphatic rings. The molecule has 2 N–H and O–H groups in total. The smallest absolute Gasteiger partial charge is 0.0363 e. The molecule has 0 heterocycles. The monoisotopic (exact) mass is 220 g/mol. The minimum Gasteiger partial charge on any atom is -0.375 e. The SMILES string of the molecule is CCCC(N)CCN(C)c1ccc(C)cc1. The average molecular weight is 220 g/mol. The average Bonchev–Trinajstić information content (AvgIpc) is 2.27. The fourth-order valence-electron chi connectivity index (χ4n) is 1.80. The second-order valence-electron chi connectivity index (χ2n) is 4.59. The highest BCUT2D eigenvalue weighted by atomic mass is 15.1. The van der Waals surface area contributed by atoms with Crippen LogP contribution in [-0.4, -0.2) is 19.6 Å². The first kappa shape index (κ1) is 13.0. The van der Waals surface area contributed by atoms with Crippen molar-refractivity contribution in [1.82, 2.24) is 0 Å². The Balaban J connectivity index is 2.40. The Bertz CT molecular complexity index is 292. The van der Waals surface area contributed by atoms with Crippen molar-refractivity contribution in [1.29, 1.82) is 0 Å². The molecule has 90 valence electrons. The predicted octanol–water partition coefficient (Wildman–Crippen LogP) is 2.95. The quantitative estimate of drug-likeness (QED) is 0.798. The van der Waals surface area contributed by atoms with Gasteiger partial charge in [0.25, 0.3) is 0 Å². The molecule has 0 aromatic heterocycles. The van der Waals surface area contributed by atoms with E-state index in [1.54, 1.807) is 0 Å². The lowest BCUT2D eigenvalue weighted by molar-refractivity contribution is 0.561. The van der Waals surface area contributed by atoms with E-state index in [-0.39, 0.29) is 0 Å². The summed E-state index contributed by atoms with van der Waals surface area (Å²) in [5, 5.41) is 0. The summed E-state index contributed by atoms with van der Waals surface area (Å²) in [7, 11) is 2.13. The summed E-state index contributed by atoms with van der Waals surface area (Å²) in [5.74, 6) is 0. The Morgan fingerprint density at radius 2 is 1.81 bits per heavy atom. The van der Waals surface area contributed by atoms with Crippen LogP contribution in [0, 0.1) is 6.92 Å². The maximum absolute atomic E-state index is 6.01.